The van der Waals surface area contributed by atoms with Gasteiger partial charge in [-0.2, -0.15) is 0 Å². The standard InChI is InChI=1S/C12H10N4O2/c1-18-12(17)8-9-11(16-10(8)13)15-7-5-3-2-4-6(7)14-9/h2-5H,13H2,1H3,(H,15,16). The molecule has 6 heteroatoms. The summed E-state index contributed by atoms with van der Waals surface area (Å²) in [5.74, 6) is -0.310. The second-order valence-corrected chi connectivity index (χ2v) is 3.81. The average molecular weight is 242 g/mol. The van der Waals surface area contributed by atoms with Gasteiger partial charge < -0.3 is 15.5 Å². The fourth-order valence-corrected chi connectivity index (χ4v) is 1.89. The van der Waals surface area contributed by atoms with Gasteiger partial charge in [-0.1, -0.05) is 12.1 Å². The van der Waals surface area contributed by atoms with Gasteiger partial charge in [0.15, 0.2) is 5.65 Å². The van der Waals surface area contributed by atoms with Crippen LogP contribution in [0.3, 0.4) is 0 Å². The zero-order chi connectivity index (χ0) is 12.7. The Morgan fingerprint density at radius 3 is 2.61 bits per heavy atom. The van der Waals surface area contributed by atoms with Crippen molar-refractivity contribution < 1.29 is 9.53 Å². The summed E-state index contributed by atoms with van der Waals surface area (Å²) in [5, 5.41) is 0. The van der Waals surface area contributed by atoms with Crippen LogP contribution < -0.4 is 5.73 Å². The molecular formula is C12H10N4O2. The number of rotatable bonds is 1. The largest absolute Gasteiger partial charge is 0.465 e. The van der Waals surface area contributed by atoms with Crippen LogP contribution in [-0.2, 0) is 4.74 Å². The number of nitrogens with zero attached hydrogens (tertiary/aromatic N) is 2. The molecule has 0 radical (unpaired) electrons. The lowest BCUT2D eigenvalue weighted by Gasteiger charge is -1.99. The van der Waals surface area contributed by atoms with Crippen LogP contribution in [0.25, 0.3) is 22.2 Å². The molecule has 0 aliphatic rings. The monoisotopic (exact) mass is 242 g/mol. The molecular weight excluding hydrogens is 232 g/mol. The number of anilines is 1. The van der Waals surface area contributed by atoms with Gasteiger partial charge in [0, 0.05) is 0 Å². The van der Waals surface area contributed by atoms with Crippen LogP contribution in [0.5, 0.6) is 0 Å². The maximum absolute atomic E-state index is 11.7. The molecule has 2 heterocycles. The molecule has 0 unspecified atom stereocenters. The number of H-pyrrole nitrogens is 1. The molecule has 0 saturated heterocycles. The number of nitrogens with two attached hydrogens (primary N) is 1. The minimum atomic E-state index is -0.525. The third kappa shape index (κ3) is 1.39. The number of hydrogen-bond donors (Lipinski definition) is 2. The van der Waals surface area contributed by atoms with Crippen molar-refractivity contribution in [3.63, 3.8) is 0 Å². The highest BCUT2D eigenvalue weighted by Crippen LogP contribution is 2.24. The van der Waals surface area contributed by atoms with Gasteiger partial charge in [-0.3, -0.25) is 0 Å². The zero-order valence-corrected chi connectivity index (χ0v) is 9.60. The van der Waals surface area contributed by atoms with Crippen LogP contribution in [-0.4, -0.2) is 28.0 Å². The Kier molecular flexibility index (Phi) is 2.16. The van der Waals surface area contributed by atoms with Crippen LogP contribution in [0, 0.1) is 0 Å². The Balaban J connectivity index is 2.40. The lowest BCUT2D eigenvalue weighted by molar-refractivity contribution is 0.0604. The highest BCUT2D eigenvalue weighted by molar-refractivity contribution is 6.07. The highest BCUT2D eigenvalue weighted by atomic mass is 16.5. The molecule has 3 N–H and O–H groups in total. The Morgan fingerprint density at radius 1 is 1.28 bits per heavy atom. The normalized spacial score (nSPS) is 10.9. The number of aromatic nitrogens is 3. The Labute approximate surface area is 102 Å². The quantitative estimate of drug-likeness (QED) is 0.630. The molecule has 90 valence electrons. The molecule has 18 heavy (non-hydrogen) atoms. The molecule has 6 nitrogen and oxygen atoms in total. The summed E-state index contributed by atoms with van der Waals surface area (Å²) >= 11 is 0. The maximum atomic E-state index is 11.7. The molecule has 0 amide bonds. The van der Waals surface area contributed by atoms with E-state index in [9.17, 15) is 4.79 Å². The number of ether oxygens (including phenoxy) is 1. The van der Waals surface area contributed by atoms with Crippen molar-refractivity contribution in [3.05, 3.63) is 29.8 Å². The van der Waals surface area contributed by atoms with Crippen molar-refractivity contribution in [1.29, 1.82) is 0 Å². The van der Waals surface area contributed by atoms with Crippen LogP contribution in [0.2, 0.25) is 0 Å². The summed E-state index contributed by atoms with van der Waals surface area (Å²) in [7, 11) is 1.30. The highest BCUT2D eigenvalue weighted by Gasteiger charge is 2.19. The predicted octanol–water partition coefficient (Wildman–Crippen LogP) is 1.48. The second-order valence-electron chi connectivity index (χ2n) is 3.81. The number of fused-ring (bicyclic) bond motifs is 2. The fraction of sp³-hybridized carbons (Fsp3) is 0.0833. The Morgan fingerprint density at radius 2 is 1.94 bits per heavy atom. The Hall–Kier alpha value is -2.63. The van der Waals surface area contributed by atoms with E-state index in [2.05, 4.69) is 19.7 Å². The van der Waals surface area contributed by atoms with E-state index < -0.39 is 5.97 Å². The third-order valence-electron chi connectivity index (χ3n) is 2.72. The van der Waals surface area contributed by atoms with Crippen molar-refractivity contribution in [3.8, 4) is 0 Å². The van der Waals surface area contributed by atoms with Crippen molar-refractivity contribution in [2.75, 3.05) is 12.8 Å². The number of esters is 1. The van der Waals surface area contributed by atoms with Gasteiger partial charge in [0.05, 0.1) is 18.1 Å². The number of aromatic amines is 1. The SMILES string of the molecule is COC(=O)c1c(N)[nH]c2nc3ccccc3nc12. The van der Waals surface area contributed by atoms with Gasteiger partial charge in [0.2, 0.25) is 0 Å². The zero-order valence-electron chi connectivity index (χ0n) is 9.60. The number of carbonyl (C=O) groups is 1. The fourth-order valence-electron chi connectivity index (χ4n) is 1.89. The first-order chi connectivity index (χ1) is 8.70. The molecule has 0 atom stereocenters. The number of hydrogen-bond acceptors (Lipinski definition) is 5. The number of nitrogens with one attached hydrogen (secondary N) is 1. The van der Waals surface area contributed by atoms with Crippen molar-refractivity contribution in [1.82, 2.24) is 15.0 Å². The smallest absolute Gasteiger partial charge is 0.343 e. The Bertz CT molecular complexity index is 763. The van der Waals surface area contributed by atoms with Crippen LogP contribution in [0.15, 0.2) is 24.3 Å². The first kappa shape index (κ1) is 10.5. The number of carbonyl (C=O) groups excluding carboxylic acids is 1. The molecule has 2 aromatic heterocycles. The maximum Gasteiger partial charge on any atom is 0.343 e. The van der Waals surface area contributed by atoms with E-state index in [0.717, 1.165) is 5.52 Å². The minimum Gasteiger partial charge on any atom is -0.465 e. The van der Waals surface area contributed by atoms with E-state index in [1.165, 1.54) is 7.11 Å². The number of para-hydroxylation sites is 2. The van der Waals surface area contributed by atoms with E-state index in [1.54, 1.807) is 0 Å². The summed E-state index contributed by atoms with van der Waals surface area (Å²) in [6.45, 7) is 0. The second kappa shape index (κ2) is 3.69. The first-order valence-electron chi connectivity index (χ1n) is 5.33. The summed E-state index contributed by atoms with van der Waals surface area (Å²) in [6, 6.07) is 7.40. The third-order valence-corrected chi connectivity index (χ3v) is 2.72. The lowest BCUT2D eigenvalue weighted by atomic mass is 10.2. The van der Waals surface area contributed by atoms with Gasteiger partial charge in [-0.05, 0) is 12.1 Å². The van der Waals surface area contributed by atoms with Crippen molar-refractivity contribution in [2.45, 2.75) is 0 Å². The van der Waals surface area contributed by atoms with Crippen molar-refractivity contribution in [2.24, 2.45) is 0 Å². The number of nitrogen functional groups attached to an aromatic ring is 1. The molecule has 0 saturated carbocycles. The molecule has 3 aromatic rings. The minimum absolute atomic E-state index is 0.215. The van der Waals surface area contributed by atoms with Gasteiger partial charge in [0.25, 0.3) is 0 Å². The van der Waals surface area contributed by atoms with Gasteiger partial charge in [-0.15, -0.1) is 0 Å². The lowest BCUT2D eigenvalue weighted by Crippen LogP contribution is -2.04. The molecule has 0 aliphatic carbocycles. The first-order valence-corrected chi connectivity index (χ1v) is 5.33. The van der Waals surface area contributed by atoms with Crippen LogP contribution in [0.1, 0.15) is 10.4 Å². The van der Waals surface area contributed by atoms with Gasteiger partial charge in [-0.25, -0.2) is 14.8 Å². The van der Waals surface area contributed by atoms with Gasteiger partial charge >= 0.3 is 5.97 Å². The molecule has 0 aliphatic heterocycles. The average Bonchev–Trinajstić information content (AvgIpc) is 2.70. The van der Waals surface area contributed by atoms with E-state index in [1.807, 2.05) is 24.3 Å². The molecule has 0 bridgehead atoms. The molecule has 1 aromatic carbocycles. The van der Waals surface area contributed by atoms with Crippen molar-refractivity contribution >= 4 is 34.0 Å². The number of methoxy groups -OCH3 is 1. The predicted molar refractivity (Wildman–Crippen MR) is 67.1 cm³/mol. The summed E-state index contributed by atoms with van der Waals surface area (Å²) in [5.41, 5.74) is 8.33. The van der Waals surface area contributed by atoms with E-state index >= 15 is 0 Å². The molecule has 0 spiro atoms. The molecule has 0 fully saturated rings. The van der Waals surface area contributed by atoms with E-state index in [-0.39, 0.29) is 11.4 Å². The number of benzene rings is 1. The summed E-state index contributed by atoms with van der Waals surface area (Å²) < 4.78 is 4.69. The van der Waals surface area contributed by atoms with Gasteiger partial charge in [0.1, 0.15) is 16.9 Å². The topological polar surface area (TPSA) is 93.9 Å². The van der Waals surface area contributed by atoms with E-state index in [0.29, 0.717) is 16.7 Å². The van der Waals surface area contributed by atoms with Crippen LogP contribution in [0.4, 0.5) is 5.82 Å². The summed E-state index contributed by atoms with van der Waals surface area (Å²) in [6.07, 6.45) is 0. The summed E-state index contributed by atoms with van der Waals surface area (Å²) in [4.78, 5) is 23.3. The van der Waals surface area contributed by atoms with Crippen LogP contribution >= 0.6 is 0 Å². The molecule has 3 rings (SSSR count). The van der Waals surface area contributed by atoms with E-state index in [4.69, 9.17) is 5.73 Å².